The van der Waals surface area contributed by atoms with E-state index in [0.717, 1.165) is 10.0 Å². The first-order valence-corrected chi connectivity index (χ1v) is 7.23. The molecule has 2 rings (SSSR count). The Labute approximate surface area is 135 Å². The van der Waals surface area contributed by atoms with E-state index in [-0.39, 0.29) is 17.9 Å². The molecule has 0 heterocycles. The molecule has 0 unspecified atom stereocenters. The Balaban J connectivity index is 2.13. The van der Waals surface area contributed by atoms with Crippen LogP contribution in [-0.4, -0.2) is 13.1 Å². The van der Waals surface area contributed by atoms with Crippen LogP contribution >= 0.6 is 27.5 Å². The minimum absolute atomic E-state index is 0.0998. The van der Waals surface area contributed by atoms with E-state index in [1.807, 2.05) is 12.1 Å². The third-order valence-corrected chi connectivity index (χ3v) is 3.99. The van der Waals surface area contributed by atoms with Gasteiger partial charge in [-0.05, 0) is 30.3 Å². The number of carbonyl (C=O) groups is 1. The van der Waals surface area contributed by atoms with Crippen molar-refractivity contribution in [3.63, 3.8) is 0 Å². The highest BCUT2D eigenvalue weighted by atomic mass is 79.9. The Hall–Kier alpha value is -1.72. The number of esters is 1. The van der Waals surface area contributed by atoms with Gasteiger partial charge in [-0.25, -0.2) is 4.79 Å². The van der Waals surface area contributed by atoms with E-state index in [4.69, 9.17) is 26.8 Å². The van der Waals surface area contributed by atoms with Gasteiger partial charge in [0, 0.05) is 10.0 Å². The second kappa shape index (κ2) is 6.83. The number of ether oxygens (including phenoxy) is 2. The fourth-order valence-electron chi connectivity index (χ4n) is 1.72. The average Bonchev–Trinajstić information content (AvgIpc) is 2.49. The monoisotopic (exact) mass is 369 g/mol. The van der Waals surface area contributed by atoms with Crippen molar-refractivity contribution < 1.29 is 14.3 Å². The number of para-hydroxylation sites is 1. The van der Waals surface area contributed by atoms with Gasteiger partial charge < -0.3 is 15.2 Å². The van der Waals surface area contributed by atoms with Crippen LogP contribution in [0, 0.1) is 0 Å². The molecule has 0 aliphatic heterocycles. The van der Waals surface area contributed by atoms with Crippen LogP contribution in [0.4, 0.5) is 5.69 Å². The number of nitrogen functional groups attached to an aromatic ring is 1. The second-order valence-electron chi connectivity index (χ2n) is 4.23. The summed E-state index contributed by atoms with van der Waals surface area (Å²) < 4.78 is 11.2. The summed E-state index contributed by atoms with van der Waals surface area (Å²) in [5.41, 5.74) is 7.03. The Morgan fingerprint density at radius 1 is 1.33 bits per heavy atom. The Morgan fingerprint density at radius 2 is 2.10 bits per heavy atom. The van der Waals surface area contributed by atoms with Crippen molar-refractivity contribution in [3.8, 4) is 5.75 Å². The highest BCUT2D eigenvalue weighted by molar-refractivity contribution is 9.10. The van der Waals surface area contributed by atoms with E-state index >= 15 is 0 Å². The summed E-state index contributed by atoms with van der Waals surface area (Å²) in [6.45, 7) is 0.0998. The van der Waals surface area contributed by atoms with Gasteiger partial charge in [0.05, 0.1) is 23.4 Å². The lowest BCUT2D eigenvalue weighted by Gasteiger charge is -2.10. The van der Waals surface area contributed by atoms with Crippen molar-refractivity contribution in [1.82, 2.24) is 0 Å². The van der Waals surface area contributed by atoms with Gasteiger partial charge in [0.15, 0.2) is 0 Å². The molecule has 6 heteroatoms. The first-order chi connectivity index (χ1) is 10.0. The molecule has 0 aliphatic carbocycles. The molecule has 0 saturated heterocycles. The summed E-state index contributed by atoms with van der Waals surface area (Å²) in [6.07, 6.45) is 0. The highest BCUT2D eigenvalue weighted by Crippen LogP contribution is 2.25. The predicted molar refractivity (Wildman–Crippen MR) is 85.7 cm³/mol. The van der Waals surface area contributed by atoms with E-state index in [9.17, 15) is 4.79 Å². The van der Waals surface area contributed by atoms with Crippen molar-refractivity contribution in [2.24, 2.45) is 0 Å². The van der Waals surface area contributed by atoms with Gasteiger partial charge >= 0.3 is 5.97 Å². The molecule has 2 aromatic rings. The zero-order chi connectivity index (χ0) is 15.4. The smallest absolute Gasteiger partial charge is 0.340 e. The lowest BCUT2D eigenvalue weighted by Crippen LogP contribution is -2.08. The van der Waals surface area contributed by atoms with Gasteiger partial charge in [0.25, 0.3) is 0 Å². The van der Waals surface area contributed by atoms with Crippen LogP contribution in [0.2, 0.25) is 5.02 Å². The number of halogens is 2. The van der Waals surface area contributed by atoms with Crippen LogP contribution in [0.25, 0.3) is 0 Å². The minimum atomic E-state index is -0.523. The number of carbonyl (C=O) groups excluding carboxylic acids is 1. The number of hydrogen-bond donors (Lipinski definition) is 1. The summed E-state index contributed by atoms with van der Waals surface area (Å²) in [5.74, 6) is 0.163. The molecule has 0 amide bonds. The number of benzene rings is 2. The summed E-state index contributed by atoms with van der Waals surface area (Å²) in [6, 6.07) is 10.3. The standard InChI is InChI=1S/C15H13BrClNO3/c1-20-10-5-6-12(16)9(7-10)8-21-15(19)11-3-2-4-13(17)14(11)18/h2-7H,8,18H2,1H3. The summed E-state index contributed by atoms with van der Waals surface area (Å²) in [7, 11) is 1.58. The molecular weight excluding hydrogens is 358 g/mol. The number of rotatable bonds is 4. The third kappa shape index (κ3) is 3.68. The van der Waals surface area contributed by atoms with E-state index in [1.165, 1.54) is 0 Å². The van der Waals surface area contributed by atoms with Crippen molar-refractivity contribution in [1.29, 1.82) is 0 Å². The Morgan fingerprint density at radius 3 is 2.81 bits per heavy atom. The molecule has 0 saturated carbocycles. The number of hydrogen-bond acceptors (Lipinski definition) is 4. The third-order valence-electron chi connectivity index (χ3n) is 2.88. The molecule has 0 atom stereocenters. The summed E-state index contributed by atoms with van der Waals surface area (Å²) in [4.78, 5) is 12.0. The molecule has 0 bridgehead atoms. The van der Waals surface area contributed by atoms with E-state index in [2.05, 4.69) is 15.9 Å². The van der Waals surface area contributed by atoms with Crippen molar-refractivity contribution in [2.75, 3.05) is 12.8 Å². The van der Waals surface area contributed by atoms with Gasteiger partial charge in [0.2, 0.25) is 0 Å². The molecular formula is C15H13BrClNO3. The lowest BCUT2D eigenvalue weighted by atomic mass is 10.2. The maximum Gasteiger partial charge on any atom is 0.340 e. The maximum absolute atomic E-state index is 12.0. The fourth-order valence-corrected chi connectivity index (χ4v) is 2.26. The number of anilines is 1. The molecule has 110 valence electrons. The zero-order valence-electron chi connectivity index (χ0n) is 11.2. The van der Waals surface area contributed by atoms with E-state index in [1.54, 1.807) is 31.4 Å². The minimum Gasteiger partial charge on any atom is -0.497 e. The molecule has 4 nitrogen and oxygen atoms in total. The quantitative estimate of drug-likeness (QED) is 0.651. The van der Waals surface area contributed by atoms with Gasteiger partial charge in [-0.3, -0.25) is 0 Å². The van der Waals surface area contributed by atoms with Crippen LogP contribution in [-0.2, 0) is 11.3 Å². The van der Waals surface area contributed by atoms with Gasteiger partial charge in [-0.15, -0.1) is 0 Å². The molecule has 0 aromatic heterocycles. The summed E-state index contributed by atoms with van der Waals surface area (Å²) >= 11 is 9.28. The van der Waals surface area contributed by atoms with Crippen LogP contribution in [0.3, 0.4) is 0 Å². The normalized spacial score (nSPS) is 10.2. The molecule has 21 heavy (non-hydrogen) atoms. The summed E-state index contributed by atoms with van der Waals surface area (Å²) in [5, 5.41) is 0.326. The first-order valence-electron chi connectivity index (χ1n) is 6.06. The number of nitrogens with two attached hydrogens (primary N) is 1. The molecule has 0 fully saturated rings. The van der Waals surface area contributed by atoms with Gasteiger partial charge in [0.1, 0.15) is 12.4 Å². The second-order valence-corrected chi connectivity index (χ2v) is 5.50. The molecule has 2 N–H and O–H groups in total. The highest BCUT2D eigenvalue weighted by Gasteiger charge is 2.14. The molecule has 0 aliphatic rings. The van der Waals surface area contributed by atoms with Crippen LogP contribution < -0.4 is 10.5 Å². The zero-order valence-corrected chi connectivity index (χ0v) is 13.6. The van der Waals surface area contributed by atoms with Crippen molar-refractivity contribution in [2.45, 2.75) is 6.61 Å². The predicted octanol–water partition coefficient (Wildman–Crippen LogP) is 4.05. The maximum atomic E-state index is 12.0. The van der Waals surface area contributed by atoms with Gasteiger partial charge in [-0.2, -0.15) is 0 Å². The lowest BCUT2D eigenvalue weighted by molar-refractivity contribution is 0.0473. The fraction of sp³-hybridized carbons (Fsp3) is 0.133. The molecule has 0 radical (unpaired) electrons. The van der Waals surface area contributed by atoms with E-state index in [0.29, 0.717) is 10.8 Å². The number of methoxy groups -OCH3 is 1. The van der Waals surface area contributed by atoms with Crippen LogP contribution in [0.5, 0.6) is 5.75 Å². The van der Waals surface area contributed by atoms with Crippen LogP contribution in [0.1, 0.15) is 15.9 Å². The van der Waals surface area contributed by atoms with E-state index < -0.39 is 5.97 Å². The Bertz CT molecular complexity index is 676. The molecule has 0 spiro atoms. The van der Waals surface area contributed by atoms with Crippen molar-refractivity contribution in [3.05, 3.63) is 57.0 Å². The average molecular weight is 371 g/mol. The molecule has 2 aromatic carbocycles. The van der Waals surface area contributed by atoms with Crippen LogP contribution in [0.15, 0.2) is 40.9 Å². The first kappa shape index (κ1) is 15.7. The van der Waals surface area contributed by atoms with Crippen molar-refractivity contribution >= 4 is 39.2 Å². The largest absolute Gasteiger partial charge is 0.497 e. The SMILES string of the molecule is COc1ccc(Br)c(COC(=O)c2cccc(Cl)c2N)c1. The van der Waals surface area contributed by atoms with Gasteiger partial charge in [-0.1, -0.05) is 33.6 Å². The Kier molecular flexibility index (Phi) is 5.09. The topological polar surface area (TPSA) is 61.5 Å².